The maximum absolute atomic E-state index is 11.8. The molecule has 1 aromatic carbocycles. The Kier molecular flexibility index (Phi) is 7.32. The van der Waals surface area contributed by atoms with Crippen LogP contribution in [0.25, 0.3) is 0 Å². The molecule has 0 radical (unpaired) electrons. The highest BCUT2D eigenvalue weighted by atomic mass is 35.7. The minimum Gasteiger partial charge on any atom is -0.458 e. The van der Waals surface area contributed by atoms with Crippen molar-refractivity contribution in [2.75, 3.05) is 0 Å². The van der Waals surface area contributed by atoms with Crippen molar-refractivity contribution in [3.05, 3.63) is 39.9 Å². The number of nitro benzene ring substituents is 1. The number of carbonyl (C=O) groups excluding carboxylic acids is 1. The monoisotopic (exact) mass is 363 g/mol. The predicted molar refractivity (Wildman–Crippen MR) is 89.6 cm³/mol. The Morgan fingerprint density at radius 1 is 1.36 bits per heavy atom. The van der Waals surface area contributed by atoms with Crippen LogP contribution in [-0.4, -0.2) is 17.6 Å². The molecule has 0 bridgehead atoms. The van der Waals surface area contributed by atoms with Crippen molar-refractivity contribution in [1.29, 1.82) is 0 Å². The summed E-state index contributed by atoms with van der Waals surface area (Å²) in [5.41, 5.74) is 0.344. The van der Waals surface area contributed by atoms with Crippen LogP contribution in [0.15, 0.2) is 24.3 Å². The molecule has 22 heavy (non-hydrogen) atoms. The van der Waals surface area contributed by atoms with Gasteiger partial charge in [-0.3, -0.25) is 14.9 Å². The zero-order valence-electron chi connectivity index (χ0n) is 12.6. The van der Waals surface area contributed by atoms with E-state index < -0.39 is 17.7 Å². The topological polar surface area (TPSA) is 69.4 Å². The van der Waals surface area contributed by atoms with Crippen LogP contribution in [-0.2, 0) is 9.53 Å². The van der Waals surface area contributed by atoms with Crippen LogP contribution < -0.4 is 0 Å². The van der Waals surface area contributed by atoms with E-state index in [-0.39, 0.29) is 18.1 Å². The van der Waals surface area contributed by atoms with Crippen LogP contribution in [0.5, 0.6) is 0 Å². The predicted octanol–water partition coefficient (Wildman–Crippen LogP) is 4.92. The molecule has 122 valence electrons. The summed E-state index contributed by atoms with van der Waals surface area (Å²) in [6.45, 7) is 1.35. The molecule has 1 unspecified atom stereocenters. The molecule has 5 nitrogen and oxygen atoms in total. The summed E-state index contributed by atoms with van der Waals surface area (Å²) in [5.74, 6) is -0.377. The molecule has 0 aliphatic carbocycles. The second-order valence-corrected chi connectivity index (χ2v) is 13.5. The second kappa shape index (κ2) is 8.50. The van der Waals surface area contributed by atoms with Gasteiger partial charge in [0, 0.05) is 12.5 Å². The van der Waals surface area contributed by atoms with Gasteiger partial charge in [-0.25, -0.2) is 0 Å². The molecule has 0 spiro atoms. The molecule has 0 aliphatic heterocycles. The number of ether oxygens (including phenoxy) is 1. The van der Waals surface area contributed by atoms with Gasteiger partial charge >= 0.3 is 5.97 Å². The molecule has 0 amide bonds. The fraction of sp³-hybridized carbons (Fsp3) is 0.500. The highest BCUT2D eigenvalue weighted by molar-refractivity contribution is 7.44. The molecule has 1 aromatic rings. The Morgan fingerprint density at radius 2 is 2.00 bits per heavy atom. The number of hydrogen-bond donors (Lipinski definition) is 0. The molecule has 0 aromatic heterocycles. The highest BCUT2D eigenvalue weighted by Gasteiger charge is 2.22. The van der Waals surface area contributed by atoms with E-state index in [9.17, 15) is 14.9 Å². The van der Waals surface area contributed by atoms with Gasteiger partial charge in [0.2, 0.25) is 6.69 Å². The van der Waals surface area contributed by atoms with Crippen molar-refractivity contribution in [2.45, 2.75) is 44.9 Å². The smallest absolute Gasteiger partial charge is 0.306 e. The first-order valence-corrected chi connectivity index (χ1v) is 11.7. The van der Waals surface area contributed by atoms with Crippen LogP contribution in [0.4, 0.5) is 5.69 Å². The molecule has 1 atom stereocenters. The zero-order valence-corrected chi connectivity index (χ0v) is 15.1. The molecule has 0 N–H and O–H groups in total. The average molecular weight is 364 g/mol. The number of hydrogen-bond acceptors (Lipinski definition) is 4. The standard InChI is InChI=1S/C14H19Cl2NO4Si/c1-11(12-7-3-4-8-13(12)17(19)20)21-14(18)9-5-6-10-22(2,15)16/h3-4,7-8,11H,5-6,9-10H2,1-2H3. The number of carbonyl (C=O) groups is 1. The number of nitro groups is 1. The summed E-state index contributed by atoms with van der Waals surface area (Å²) in [6.07, 6.45) is 1.01. The number of rotatable bonds is 8. The zero-order chi connectivity index (χ0) is 16.8. The number of esters is 1. The third kappa shape index (κ3) is 6.77. The summed E-state index contributed by atoms with van der Waals surface area (Å²) < 4.78 is 5.26. The molecule has 0 heterocycles. The third-order valence-corrected chi connectivity index (χ3v) is 5.49. The van der Waals surface area contributed by atoms with Crippen LogP contribution in [0, 0.1) is 10.1 Å². The van der Waals surface area contributed by atoms with Crippen molar-refractivity contribution < 1.29 is 14.5 Å². The van der Waals surface area contributed by atoms with E-state index in [1.54, 1.807) is 25.1 Å². The van der Waals surface area contributed by atoms with Crippen molar-refractivity contribution in [3.8, 4) is 0 Å². The average Bonchev–Trinajstić information content (AvgIpc) is 2.42. The largest absolute Gasteiger partial charge is 0.458 e. The first kappa shape index (κ1) is 18.9. The van der Waals surface area contributed by atoms with Crippen molar-refractivity contribution in [3.63, 3.8) is 0 Å². The fourth-order valence-corrected chi connectivity index (χ4v) is 3.69. The number of unbranched alkanes of at least 4 members (excludes halogenated alkanes) is 1. The quantitative estimate of drug-likeness (QED) is 0.164. The fourth-order valence-electron chi connectivity index (χ4n) is 2.02. The summed E-state index contributed by atoms with van der Waals surface area (Å²) in [6, 6.07) is 6.97. The van der Waals surface area contributed by atoms with Gasteiger partial charge in [0.25, 0.3) is 5.69 Å². The van der Waals surface area contributed by atoms with Gasteiger partial charge in [0.05, 0.1) is 10.5 Å². The first-order valence-electron chi connectivity index (χ1n) is 7.01. The number of nitrogens with zero attached hydrogens (tertiary/aromatic N) is 1. The van der Waals surface area contributed by atoms with Gasteiger partial charge in [0.15, 0.2) is 0 Å². The molecule has 1 rings (SSSR count). The van der Waals surface area contributed by atoms with Crippen molar-refractivity contribution in [2.24, 2.45) is 0 Å². The van der Waals surface area contributed by atoms with E-state index in [4.69, 9.17) is 26.9 Å². The van der Waals surface area contributed by atoms with Crippen LogP contribution >= 0.6 is 22.2 Å². The minimum atomic E-state index is -2.12. The van der Waals surface area contributed by atoms with Crippen LogP contribution in [0.2, 0.25) is 12.6 Å². The van der Waals surface area contributed by atoms with Crippen LogP contribution in [0.1, 0.15) is 37.9 Å². The first-order chi connectivity index (χ1) is 10.2. The third-order valence-electron chi connectivity index (χ3n) is 3.13. The molecular formula is C14H19Cl2NO4Si. The van der Waals surface area contributed by atoms with Gasteiger partial charge in [-0.1, -0.05) is 18.6 Å². The number of para-hydroxylation sites is 1. The van der Waals surface area contributed by atoms with Gasteiger partial charge in [-0.05, 0) is 32.0 Å². The van der Waals surface area contributed by atoms with Gasteiger partial charge in [0.1, 0.15) is 6.10 Å². The lowest BCUT2D eigenvalue weighted by Gasteiger charge is -2.14. The summed E-state index contributed by atoms with van der Waals surface area (Å²) in [7, 11) is 0. The van der Waals surface area contributed by atoms with E-state index >= 15 is 0 Å². The Hall–Kier alpha value is -1.11. The van der Waals surface area contributed by atoms with E-state index in [0.717, 1.165) is 12.5 Å². The molecule has 0 fully saturated rings. The van der Waals surface area contributed by atoms with Gasteiger partial charge in [-0.2, -0.15) is 0 Å². The van der Waals surface area contributed by atoms with Gasteiger partial charge in [-0.15, -0.1) is 22.2 Å². The van der Waals surface area contributed by atoms with E-state index in [1.165, 1.54) is 6.07 Å². The summed E-state index contributed by atoms with van der Waals surface area (Å²) in [4.78, 5) is 22.3. The Morgan fingerprint density at radius 3 is 2.59 bits per heavy atom. The maximum Gasteiger partial charge on any atom is 0.306 e. The van der Waals surface area contributed by atoms with E-state index in [2.05, 4.69) is 0 Å². The Bertz CT molecular complexity index is 534. The molecule has 0 saturated heterocycles. The molecule has 0 aliphatic rings. The summed E-state index contributed by atoms with van der Waals surface area (Å²) >= 11 is 12.0. The molecule has 0 saturated carbocycles. The SMILES string of the molecule is CC(OC(=O)CCCC[Si](C)(Cl)Cl)c1ccccc1[N+](=O)[O-]. The number of benzene rings is 1. The van der Waals surface area contributed by atoms with Crippen LogP contribution in [0.3, 0.4) is 0 Å². The molecular weight excluding hydrogens is 345 g/mol. The normalized spacial score (nSPS) is 12.7. The highest BCUT2D eigenvalue weighted by Crippen LogP contribution is 2.27. The van der Waals surface area contributed by atoms with Crippen molar-refractivity contribution in [1.82, 2.24) is 0 Å². The van der Waals surface area contributed by atoms with Crippen molar-refractivity contribution >= 4 is 40.5 Å². The summed E-state index contributed by atoms with van der Waals surface area (Å²) in [5, 5.41) is 11.0. The lowest BCUT2D eigenvalue weighted by Crippen LogP contribution is -2.13. The minimum absolute atomic E-state index is 0.0474. The lowest BCUT2D eigenvalue weighted by molar-refractivity contribution is -0.386. The van der Waals surface area contributed by atoms with Gasteiger partial charge < -0.3 is 4.74 Å². The lowest BCUT2D eigenvalue weighted by atomic mass is 10.1. The number of halogens is 2. The maximum atomic E-state index is 11.8. The van der Waals surface area contributed by atoms with E-state index in [1.807, 2.05) is 6.55 Å². The van der Waals surface area contributed by atoms with E-state index in [0.29, 0.717) is 12.0 Å². The Balaban J connectivity index is 2.50. The second-order valence-electron chi connectivity index (χ2n) is 5.23. The molecule has 8 heteroatoms. The Labute approximate surface area is 140 Å².